The van der Waals surface area contributed by atoms with Crippen molar-refractivity contribution in [2.24, 2.45) is 5.73 Å². The van der Waals surface area contributed by atoms with E-state index in [0.29, 0.717) is 16.8 Å². The van der Waals surface area contributed by atoms with Gasteiger partial charge in [-0.1, -0.05) is 12.1 Å². The molecule has 1 aromatic carbocycles. The zero-order valence-electron chi connectivity index (χ0n) is 10.5. The highest BCUT2D eigenvalue weighted by Crippen LogP contribution is 2.30. The number of hydrogen-bond acceptors (Lipinski definition) is 5. The Labute approximate surface area is 123 Å². The average Bonchev–Trinajstić information content (AvgIpc) is 2.43. The van der Waals surface area contributed by atoms with Crippen molar-refractivity contribution in [2.75, 3.05) is 6.54 Å². The van der Waals surface area contributed by atoms with Gasteiger partial charge in [-0.05, 0) is 46.6 Å². The zero-order chi connectivity index (χ0) is 14.5. The number of hydrogen-bond donors (Lipinski definition) is 1. The number of nitrogens with zero attached hydrogens (tertiary/aromatic N) is 2. The van der Waals surface area contributed by atoms with Gasteiger partial charge in [0, 0.05) is 6.07 Å². The van der Waals surface area contributed by atoms with Crippen LogP contribution in [0.4, 0.5) is 5.69 Å². The van der Waals surface area contributed by atoms with E-state index in [0.717, 1.165) is 18.2 Å². The van der Waals surface area contributed by atoms with E-state index >= 15 is 0 Å². The number of aromatic nitrogens is 1. The molecule has 0 spiro atoms. The van der Waals surface area contributed by atoms with Crippen molar-refractivity contribution >= 4 is 21.6 Å². The molecule has 0 radical (unpaired) electrons. The average molecular weight is 338 g/mol. The van der Waals surface area contributed by atoms with Gasteiger partial charge in [0.25, 0.3) is 5.69 Å². The van der Waals surface area contributed by atoms with Crippen LogP contribution in [0.3, 0.4) is 0 Å². The van der Waals surface area contributed by atoms with Crippen LogP contribution in [0.25, 0.3) is 0 Å². The van der Waals surface area contributed by atoms with Gasteiger partial charge in [-0.2, -0.15) is 0 Å². The second kappa shape index (κ2) is 6.44. The Kier molecular flexibility index (Phi) is 4.65. The lowest BCUT2D eigenvalue weighted by Crippen LogP contribution is -2.02. The molecule has 6 nitrogen and oxygen atoms in total. The lowest BCUT2D eigenvalue weighted by Gasteiger charge is -2.07. The first-order chi connectivity index (χ1) is 9.60. The molecule has 1 aromatic heterocycles. The first-order valence-electron chi connectivity index (χ1n) is 5.87. The van der Waals surface area contributed by atoms with Gasteiger partial charge in [-0.3, -0.25) is 10.1 Å². The molecule has 104 valence electrons. The highest BCUT2D eigenvalue weighted by molar-refractivity contribution is 9.10. The van der Waals surface area contributed by atoms with Crippen LogP contribution in [0.15, 0.2) is 41.0 Å². The van der Waals surface area contributed by atoms with E-state index in [2.05, 4.69) is 20.9 Å². The van der Waals surface area contributed by atoms with Gasteiger partial charge in [-0.15, -0.1) is 0 Å². The number of nitrogens with two attached hydrogens (primary N) is 1. The fraction of sp³-hybridized carbons (Fsp3) is 0.154. The Morgan fingerprint density at radius 2 is 2.05 bits per heavy atom. The molecule has 2 N–H and O–H groups in total. The van der Waals surface area contributed by atoms with E-state index in [-0.39, 0.29) is 11.6 Å². The maximum absolute atomic E-state index is 10.6. The molecule has 20 heavy (non-hydrogen) atoms. The maximum Gasteiger partial charge on any atom is 0.288 e. The molecule has 0 saturated heterocycles. The normalized spacial score (nSPS) is 10.3. The number of pyridine rings is 1. The summed E-state index contributed by atoms with van der Waals surface area (Å²) >= 11 is 3.20. The van der Waals surface area contributed by atoms with E-state index in [4.69, 9.17) is 10.5 Å². The molecule has 0 atom stereocenters. The highest BCUT2D eigenvalue weighted by atomic mass is 79.9. The van der Waals surface area contributed by atoms with Gasteiger partial charge in [0.1, 0.15) is 11.9 Å². The van der Waals surface area contributed by atoms with Gasteiger partial charge >= 0.3 is 0 Å². The summed E-state index contributed by atoms with van der Waals surface area (Å²) in [4.78, 5) is 14.0. The second-order valence-electron chi connectivity index (χ2n) is 4.02. The Bertz CT molecular complexity index is 617. The van der Waals surface area contributed by atoms with Crippen molar-refractivity contribution in [3.05, 3.63) is 56.7 Å². The maximum atomic E-state index is 10.6. The van der Waals surface area contributed by atoms with Crippen LogP contribution < -0.4 is 10.5 Å². The summed E-state index contributed by atoms with van der Waals surface area (Å²) in [6.45, 7) is 0.593. The minimum absolute atomic E-state index is 0.0949. The topological polar surface area (TPSA) is 91.3 Å². The summed E-state index contributed by atoms with van der Waals surface area (Å²) in [6, 6.07) is 8.80. The number of ether oxygens (including phenoxy) is 1. The van der Waals surface area contributed by atoms with E-state index in [9.17, 15) is 10.1 Å². The van der Waals surface area contributed by atoms with Gasteiger partial charge in [0.05, 0.1) is 9.40 Å². The molecule has 0 aliphatic heterocycles. The Balaban J connectivity index is 2.15. The molecule has 0 saturated carbocycles. The molecule has 7 heteroatoms. The van der Waals surface area contributed by atoms with Gasteiger partial charge < -0.3 is 10.5 Å². The van der Waals surface area contributed by atoms with Crippen LogP contribution in [0.1, 0.15) is 5.56 Å². The number of rotatable bonds is 5. The van der Waals surface area contributed by atoms with Gasteiger partial charge in [-0.25, -0.2) is 4.98 Å². The third kappa shape index (κ3) is 3.52. The van der Waals surface area contributed by atoms with Crippen LogP contribution in [0.5, 0.6) is 11.6 Å². The van der Waals surface area contributed by atoms with Crippen molar-refractivity contribution in [1.29, 1.82) is 0 Å². The summed E-state index contributed by atoms with van der Waals surface area (Å²) in [5.41, 5.74) is 6.50. The SMILES string of the molecule is NCCc1ccc(Oc2ncc([N+](=O)[O-])cc2Br)cc1. The summed E-state index contributed by atoms with van der Waals surface area (Å²) in [5.74, 6) is 0.884. The smallest absolute Gasteiger partial charge is 0.288 e. The highest BCUT2D eigenvalue weighted by Gasteiger charge is 2.12. The fourth-order valence-electron chi connectivity index (χ4n) is 1.59. The first kappa shape index (κ1) is 14.4. The van der Waals surface area contributed by atoms with Gasteiger partial charge in [0.15, 0.2) is 0 Å². The standard InChI is InChI=1S/C13H12BrN3O3/c14-12-7-10(17(18)19)8-16-13(12)20-11-3-1-9(2-4-11)5-6-15/h1-4,7-8H,5-6,15H2. The Morgan fingerprint density at radius 3 is 2.60 bits per heavy atom. The monoisotopic (exact) mass is 337 g/mol. The third-order valence-corrected chi connectivity index (χ3v) is 3.14. The number of halogens is 1. The van der Waals surface area contributed by atoms with Crippen LogP contribution in [0, 0.1) is 10.1 Å². The summed E-state index contributed by atoms with van der Waals surface area (Å²) < 4.78 is 5.99. The first-order valence-corrected chi connectivity index (χ1v) is 6.66. The molecule has 2 aromatic rings. The summed E-state index contributed by atoms with van der Waals surface area (Å²) in [5, 5.41) is 10.6. The molecule has 0 amide bonds. The van der Waals surface area contributed by atoms with E-state index < -0.39 is 4.92 Å². The van der Waals surface area contributed by atoms with E-state index in [1.807, 2.05) is 12.1 Å². The van der Waals surface area contributed by atoms with Crippen molar-refractivity contribution in [3.8, 4) is 11.6 Å². The molecule has 2 rings (SSSR count). The predicted octanol–water partition coefficient (Wildman–Crippen LogP) is 3.05. The predicted molar refractivity (Wildman–Crippen MR) is 77.9 cm³/mol. The minimum atomic E-state index is -0.511. The zero-order valence-corrected chi connectivity index (χ0v) is 12.0. The van der Waals surface area contributed by atoms with Crippen LogP contribution in [-0.4, -0.2) is 16.5 Å². The largest absolute Gasteiger partial charge is 0.438 e. The van der Waals surface area contributed by atoms with Crippen LogP contribution in [0.2, 0.25) is 0 Å². The molecule has 0 bridgehead atoms. The van der Waals surface area contributed by atoms with Crippen LogP contribution >= 0.6 is 15.9 Å². The van der Waals surface area contributed by atoms with Crippen LogP contribution in [-0.2, 0) is 6.42 Å². The van der Waals surface area contributed by atoms with Crippen molar-refractivity contribution in [3.63, 3.8) is 0 Å². The minimum Gasteiger partial charge on any atom is -0.438 e. The molecule has 0 aliphatic rings. The Hall–Kier alpha value is -1.99. The Morgan fingerprint density at radius 1 is 1.35 bits per heavy atom. The number of benzene rings is 1. The van der Waals surface area contributed by atoms with Crippen molar-refractivity contribution in [2.45, 2.75) is 6.42 Å². The number of nitro groups is 1. The van der Waals surface area contributed by atoms with Gasteiger partial charge in [0.2, 0.25) is 5.88 Å². The van der Waals surface area contributed by atoms with Crippen molar-refractivity contribution in [1.82, 2.24) is 4.98 Å². The summed E-state index contributed by atoms with van der Waals surface area (Å²) in [7, 11) is 0. The van der Waals surface area contributed by atoms with E-state index in [1.165, 1.54) is 6.07 Å². The summed E-state index contributed by atoms with van der Waals surface area (Å²) in [6.07, 6.45) is 1.96. The molecule has 0 aliphatic carbocycles. The second-order valence-corrected chi connectivity index (χ2v) is 4.88. The molecular formula is C13H12BrN3O3. The van der Waals surface area contributed by atoms with Crippen molar-refractivity contribution < 1.29 is 9.66 Å². The molecule has 0 fully saturated rings. The molecular weight excluding hydrogens is 326 g/mol. The molecule has 1 heterocycles. The lowest BCUT2D eigenvalue weighted by molar-refractivity contribution is -0.385. The quantitative estimate of drug-likeness (QED) is 0.668. The molecule has 0 unspecified atom stereocenters. The van der Waals surface area contributed by atoms with E-state index in [1.54, 1.807) is 12.1 Å². The fourth-order valence-corrected chi connectivity index (χ4v) is 2.01. The third-order valence-electron chi connectivity index (χ3n) is 2.57. The lowest BCUT2D eigenvalue weighted by atomic mass is 10.1.